The van der Waals surface area contributed by atoms with Gasteiger partial charge in [-0.05, 0) is 29.8 Å². The Morgan fingerprint density at radius 2 is 1.57 bits per heavy atom. The van der Waals surface area contributed by atoms with E-state index >= 15 is 0 Å². The van der Waals surface area contributed by atoms with Crippen molar-refractivity contribution in [2.75, 3.05) is 7.11 Å². The summed E-state index contributed by atoms with van der Waals surface area (Å²) in [5.74, 6) is -2.65. The van der Waals surface area contributed by atoms with Crippen LogP contribution in [0.4, 0.5) is 13.2 Å². The topological polar surface area (TPSA) is 26.3 Å². The standard InChI is InChI=1S/C16H13F3O2/c1-21-13-9-7-12(8-10-13)15(20)14(16(17,18)19)11-5-3-2-4-6-11/h2-10,14H,1H3. The molecule has 1 unspecified atom stereocenters. The predicted molar refractivity (Wildman–Crippen MR) is 72.6 cm³/mol. The van der Waals surface area contributed by atoms with Gasteiger partial charge in [-0.3, -0.25) is 4.79 Å². The van der Waals surface area contributed by atoms with E-state index in [-0.39, 0.29) is 11.1 Å². The summed E-state index contributed by atoms with van der Waals surface area (Å²) in [6, 6.07) is 12.8. The summed E-state index contributed by atoms with van der Waals surface area (Å²) in [4.78, 5) is 12.2. The number of ether oxygens (including phenoxy) is 1. The fourth-order valence-electron chi connectivity index (χ4n) is 2.06. The van der Waals surface area contributed by atoms with Crippen molar-refractivity contribution in [3.63, 3.8) is 0 Å². The molecule has 2 nitrogen and oxygen atoms in total. The Kier molecular flexibility index (Phi) is 4.31. The summed E-state index contributed by atoms with van der Waals surface area (Å²) in [6.45, 7) is 0. The quantitative estimate of drug-likeness (QED) is 0.789. The average molecular weight is 294 g/mol. The zero-order valence-corrected chi connectivity index (χ0v) is 11.2. The maximum absolute atomic E-state index is 13.2. The average Bonchev–Trinajstić information content (AvgIpc) is 2.47. The van der Waals surface area contributed by atoms with Gasteiger partial charge in [0.2, 0.25) is 0 Å². The van der Waals surface area contributed by atoms with E-state index in [0.29, 0.717) is 5.75 Å². The van der Waals surface area contributed by atoms with E-state index < -0.39 is 17.9 Å². The van der Waals surface area contributed by atoms with Crippen LogP contribution in [0.15, 0.2) is 54.6 Å². The minimum atomic E-state index is -4.64. The fourth-order valence-corrected chi connectivity index (χ4v) is 2.06. The molecule has 2 aromatic rings. The highest BCUT2D eigenvalue weighted by molar-refractivity contribution is 6.01. The SMILES string of the molecule is COc1ccc(C(=O)C(c2ccccc2)C(F)(F)F)cc1. The van der Waals surface area contributed by atoms with E-state index in [0.717, 1.165) is 0 Å². The first kappa shape index (κ1) is 15.1. The summed E-state index contributed by atoms with van der Waals surface area (Å²) in [5, 5.41) is 0. The van der Waals surface area contributed by atoms with Crippen molar-refractivity contribution in [1.29, 1.82) is 0 Å². The number of hydrogen-bond acceptors (Lipinski definition) is 2. The molecular weight excluding hydrogens is 281 g/mol. The molecule has 0 heterocycles. The van der Waals surface area contributed by atoms with Gasteiger partial charge in [0.25, 0.3) is 0 Å². The Balaban J connectivity index is 2.39. The van der Waals surface area contributed by atoms with Gasteiger partial charge in [0.05, 0.1) is 7.11 Å². The molecule has 0 fully saturated rings. The van der Waals surface area contributed by atoms with E-state index in [2.05, 4.69) is 0 Å². The van der Waals surface area contributed by atoms with Gasteiger partial charge < -0.3 is 4.74 Å². The number of Topliss-reactive ketones (excluding diaryl/α,β-unsaturated/α-hetero) is 1. The van der Waals surface area contributed by atoms with E-state index in [1.807, 2.05) is 0 Å². The smallest absolute Gasteiger partial charge is 0.402 e. The molecule has 5 heteroatoms. The molecule has 0 aromatic heterocycles. The number of rotatable bonds is 4. The third-order valence-corrected chi connectivity index (χ3v) is 3.10. The maximum Gasteiger partial charge on any atom is 0.402 e. The molecule has 0 spiro atoms. The number of alkyl halides is 3. The van der Waals surface area contributed by atoms with Crippen molar-refractivity contribution in [2.24, 2.45) is 0 Å². The molecule has 0 aliphatic rings. The van der Waals surface area contributed by atoms with Crippen LogP contribution in [0, 0.1) is 0 Å². The second-order valence-electron chi connectivity index (χ2n) is 4.48. The van der Waals surface area contributed by atoms with Crippen molar-refractivity contribution in [2.45, 2.75) is 12.1 Å². The summed E-state index contributed by atoms with van der Waals surface area (Å²) in [7, 11) is 1.44. The predicted octanol–water partition coefficient (Wildman–Crippen LogP) is 4.22. The van der Waals surface area contributed by atoms with Gasteiger partial charge in [0, 0.05) is 5.56 Å². The Hall–Kier alpha value is -2.30. The fraction of sp³-hybridized carbons (Fsp3) is 0.188. The molecule has 0 aliphatic heterocycles. The van der Waals surface area contributed by atoms with Gasteiger partial charge in [-0.1, -0.05) is 30.3 Å². The third-order valence-electron chi connectivity index (χ3n) is 3.10. The lowest BCUT2D eigenvalue weighted by molar-refractivity contribution is -0.139. The number of carbonyl (C=O) groups is 1. The second kappa shape index (κ2) is 5.99. The lowest BCUT2D eigenvalue weighted by Gasteiger charge is -2.19. The number of methoxy groups -OCH3 is 1. The van der Waals surface area contributed by atoms with Crippen LogP contribution in [-0.2, 0) is 0 Å². The van der Waals surface area contributed by atoms with Gasteiger partial charge in [0.15, 0.2) is 5.78 Å². The Labute approximate surface area is 120 Å². The zero-order chi connectivity index (χ0) is 15.5. The maximum atomic E-state index is 13.2. The van der Waals surface area contributed by atoms with Crippen molar-refractivity contribution >= 4 is 5.78 Å². The molecule has 2 aromatic carbocycles. The first-order valence-electron chi connectivity index (χ1n) is 6.23. The van der Waals surface area contributed by atoms with Crippen LogP contribution < -0.4 is 4.74 Å². The molecule has 2 rings (SSSR count). The third kappa shape index (κ3) is 3.42. The first-order valence-corrected chi connectivity index (χ1v) is 6.23. The van der Waals surface area contributed by atoms with Gasteiger partial charge in [0.1, 0.15) is 11.7 Å². The van der Waals surface area contributed by atoms with Crippen LogP contribution in [0.5, 0.6) is 5.75 Å². The van der Waals surface area contributed by atoms with E-state index in [1.165, 1.54) is 55.6 Å². The Morgan fingerprint density at radius 3 is 2.05 bits per heavy atom. The molecule has 1 atom stereocenters. The lowest BCUT2D eigenvalue weighted by Crippen LogP contribution is -2.28. The molecular formula is C16H13F3O2. The van der Waals surface area contributed by atoms with Crippen LogP contribution in [-0.4, -0.2) is 19.1 Å². The van der Waals surface area contributed by atoms with Gasteiger partial charge in [-0.25, -0.2) is 0 Å². The molecule has 0 amide bonds. The largest absolute Gasteiger partial charge is 0.497 e. The molecule has 110 valence electrons. The second-order valence-corrected chi connectivity index (χ2v) is 4.48. The summed E-state index contributed by atoms with van der Waals surface area (Å²) in [6.07, 6.45) is -4.64. The monoisotopic (exact) mass is 294 g/mol. The van der Waals surface area contributed by atoms with Crippen molar-refractivity contribution in [1.82, 2.24) is 0 Å². The summed E-state index contributed by atoms with van der Waals surface area (Å²) < 4.78 is 44.7. The van der Waals surface area contributed by atoms with Gasteiger partial charge in [-0.2, -0.15) is 13.2 Å². The highest BCUT2D eigenvalue weighted by Gasteiger charge is 2.45. The van der Waals surface area contributed by atoms with Crippen LogP contribution in [0.1, 0.15) is 21.8 Å². The molecule has 21 heavy (non-hydrogen) atoms. The van der Waals surface area contributed by atoms with Crippen LogP contribution >= 0.6 is 0 Å². The van der Waals surface area contributed by atoms with E-state index in [1.54, 1.807) is 6.07 Å². The normalized spacial score (nSPS) is 12.8. The number of carbonyl (C=O) groups excluding carboxylic acids is 1. The molecule has 0 aliphatic carbocycles. The molecule has 0 radical (unpaired) electrons. The lowest BCUT2D eigenvalue weighted by atomic mass is 9.90. The van der Waals surface area contributed by atoms with Gasteiger partial charge in [-0.15, -0.1) is 0 Å². The number of hydrogen-bond donors (Lipinski definition) is 0. The number of ketones is 1. The minimum absolute atomic E-state index is 0.00183. The minimum Gasteiger partial charge on any atom is -0.497 e. The number of benzene rings is 2. The molecule has 0 bridgehead atoms. The first-order chi connectivity index (χ1) is 9.93. The number of halogens is 3. The van der Waals surface area contributed by atoms with Crippen molar-refractivity contribution in [3.8, 4) is 5.75 Å². The van der Waals surface area contributed by atoms with Crippen LogP contribution in [0.2, 0.25) is 0 Å². The molecule has 0 saturated heterocycles. The van der Waals surface area contributed by atoms with Crippen LogP contribution in [0.25, 0.3) is 0 Å². The van der Waals surface area contributed by atoms with Crippen LogP contribution in [0.3, 0.4) is 0 Å². The molecule has 0 saturated carbocycles. The highest BCUT2D eigenvalue weighted by atomic mass is 19.4. The zero-order valence-electron chi connectivity index (χ0n) is 11.2. The summed E-state index contributed by atoms with van der Waals surface area (Å²) >= 11 is 0. The Bertz CT molecular complexity index is 604. The highest BCUT2D eigenvalue weighted by Crippen LogP contribution is 2.37. The van der Waals surface area contributed by atoms with Gasteiger partial charge >= 0.3 is 6.18 Å². The van der Waals surface area contributed by atoms with E-state index in [9.17, 15) is 18.0 Å². The van der Waals surface area contributed by atoms with Crippen molar-refractivity contribution < 1.29 is 22.7 Å². The molecule has 0 N–H and O–H groups in total. The van der Waals surface area contributed by atoms with E-state index in [4.69, 9.17) is 4.74 Å². The Morgan fingerprint density at radius 1 is 1.00 bits per heavy atom. The van der Waals surface area contributed by atoms with Crippen molar-refractivity contribution in [3.05, 3.63) is 65.7 Å². The summed E-state index contributed by atoms with van der Waals surface area (Å²) in [5.41, 5.74) is -0.0622.